The van der Waals surface area contributed by atoms with Crippen LogP contribution >= 0.6 is 0 Å². The van der Waals surface area contributed by atoms with Crippen LogP contribution in [-0.4, -0.2) is 11.7 Å². The summed E-state index contributed by atoms with van der Waals surface area (Å²) in [5.74, 6) is 0.639. The third-order valence-corrected chi connectivity index (χ3v) is 1.82. The minimum Gasteiger partial charge on any atom is -0.392 e. The lowest BCUT2D eigenvalue weighted by Crippen LogP contribution is -1.96. The van der Waals surface area contributed by atoms with Gasteiger partial charge in [0, 0.05) is 0 Å². The van der Waals surface area contributed by atoms with Crippen LogP contribution in [0.3, 0.4) is 0 Å². The number of aliphatic hydroxyl groups excluding tert-OH is 1. The molecule has 0 saturated heterocycles. The van der Waals surface area contributed by atoms with E-state index in [4.69, 9.17) is 5.11 Å². The molecule has 1 rings (SSSR count). The molecule has 0 radical (unpaired) electrons. The van der Waals surface area contributed by atoms with Gasteiger partial charge in [-0.25, -0.2) is 0 Å². The Bertz CT molecular complexity index is 105. The van der Waals surface area contributed by atoms with Gasteiger partial charge >= 0.3 is 0 Å². The Labute approximate surface area is 50.0 Å². The number of hydrogen-bond acceptors (Lipinski definition) is 1. The molecule has 1 aliphatic carbocycles. The van der Waals surface area contributed by atoms with Crippen LogP contribution < -0.4 is 0 Å². The van der Waals surface area contributed by atoms with Gasteiger partial charge in [-0.1, -0.05) is 13.0 Å². The predicted octanol–water partition coefficient (Wildman–Crippen LogP) is 1.33. The molecule has 0 fully saturated rings. The molecular weight excluding hydrogens is 100 g/mol. The van der Waals surface area contributed by atoms with Crippen molar-refractivity contribution in [3.63, 3.8) is 0 Å². The van der Waals surface area contributed by atoms with E-state index in [2.05, 4.69) is 13.0 Å². The molecule has 0 aliphatic heterocycles. The summed E-state index contributed by atoms with van der Waals surface area (Å²) in [6.07, 6.45) is 4.54. The lowest BCUT2D eigenvalue weighted by molar-refractivity contribution is 0.318. The van der Waals surface area contributed by atoms with Crippen molar-refractivity contribution in [1.29, 1.82) is 0 Å². The van der Waals surface area contributed by atoms with Gasteiger partial charge in [0.25, 0.3) is 0 Å². The van der Waals surface area contributed by atoms with Crippen LogP contribution in [0.15, 0.2) is 11.6 Å². The molecule has 0 bridgehead atoms. The minimum absolute atomic E-state index is 0.265. The van der Waals surface area contributed by atoms with Crippen molar-refractivity contribution in [2.75, 3.05) is 6.61 Å². The van der Waals surface area contributed by atoms with E-state index in [1.807, 2.05) is 0 Å². The summed E-state index contributed by atoms with van der Waals surface area (Å²) >= 11 is 0. The van der Waals surface area contributed by atoms with E-state index in [1.165, 1.54) is 12.0 Å². The maximum atomic E-state index is 8.67. The monoisotopic (exact) mass is 112 g/mol. The first-order valence-corrected chi connectivity index (χ1v) is 3.14. The largest absolute Gasteiger partial charge is 0.392 e. The van der Waals surface area contributed by atoms with E-state index in [0.717, 1.165) is 6.42 Å². The van der Waals surface area contributed by atoms with Crippen LogP contribution in [0.25, 0.3) is 0 Å². The molecule has 0 heterocycles. The number of aliphatic hydroxyl groups is 1. The molecule has 1 aliphatic rings. The quantitative estimate of drug-likeness (QED) is 0.507. The zero-order chi connectivity index (χ0) is 5.98. The second-order valence-electron chi connectivity index (χ2n) is 2.42. The first kappa shape index (κ1) is 5.83. The lowest BCUT2D eigenvalue weighted by Gasteiger charge is -2.02. The first-order valence-electron chi connectivity index (χ1n) is 3.14. The molecule has 1 nitrogen and oxygen atoms in total. The molecule has 0 aromatic carbocycles. The summed E-state index contributed by atoms with van der Waals surface area (Å²) < 4.78 is 0. The van der Waals surface area contributed by atoms with E-state index in [-0.39, 0.29) is 6.61 Å². The Morgan fingerprint density at radius 2 is 2.62 bits per heavy atom. The van der Waals surface area contributed by atoms with Crippen LogP contribution in [-0.2, 0) is 0 Å². The molecule has 1 atom stereocenters. The summed E-state index contributed by atoms with van der Waals surface area (Å²) in [5, 5.41) is 8.67. The number of hydrogen-bond donors (Lipinski definition) is 1. The Balaban J connectivity index is 2.49. The Morgan fingerprint density at radius 3 is 2.88 bits per heavy atom. The molecule has 0 aromatic heterocycles. The van der Waals surface area contributed by atoms with Crippen molar-refractivity contribution in [3.05, 3.63) is 11.6 Å². The maximum Gasteiger partial charge on any atom is 0.0644 e. The second kappa shape index (κ2) is 2.31. The Hall–Kier alpha value is -0.300. The van der Waals surface area contributed by atoms with Gasteiger partial charge < -0.3 is 5.11 Å². The third-order valence-electron chi connectivity index (χ3n) is 1.82. The van der Waals surface area contributed by atoms with Crippen molar-refractivity contribution < 1.29 is 5.11 Å². The minimum atomic E-state index is 0.265. The van der Waals surface area contributed by atoms with Crippen LogP contribution in [0.4, 0.5) is 0 Å². The first-order chi connectivity index (χ1) is 3.84. The summed E-state index contributed by atoms with van der Waals surface area (Å²) in [5.41, 5.74) is 1.23. The fourth-order valence-electron chi connectivity index (χ4n) is 1.13. The van der Waals surface area contributed by atoms with Gasteiger partial charge in [-0.2, -0.15) is 0 Å². The average molecular weight is 112 g/mol. The smallest absolute Gasteiger partial charge is 0.0644 e. The Morgan fingerprint density at radius 1 is 1.88 bits per heavy atom. The van der Waals surface area contributed by atoms with Crippen molar-refractivity contribution in [2.24, 2.45) is 5.92 Å². The standard InChI is InChI=1S/C7H12O/c1-6-3-2-4-7(6)5-8/h4,6,8H,2-3,5H2,1H3/t6-/m0/s1. The van der Waals surface area contributed by atoms with Gasteiger partial charge in [-0.3, -0.25) is 0 Å². The van der Waals surface area contributed by atoms with Crippen LogP contribution in [0, 0.1) is 5.92 Å². The van der Waals surface area contributed by atoms with E-state index in [9.17, 15) is 0 Å². The van der Waals surface area contributed by atoms with Crippen LogP contribution in [0.2, 0.25) is 0 Å². The van der Waals surface area contributed by atoms with Gasteiger partial charge in [0.1, 0.15) is 0 Å². The zero-order valence-electron chi connectivity index (χ0n) is 5.22. The fraction of sp³-hybridized carbons (Fsp3) is 0.714. The highest BCUT2D eigenvalue weighted by atomic mass is 16.3. The van der Waals surface area contributed by atoms with E-state index in [0.29, 0.717) is 5.92 Å². The van der Waals surface area contributed by atoms with Crippen LogP contribution in [0.1, 0.15) is 19.8 Å². The van der Waals surface area contributed by atoms with Gasteiger partial charge in [0.2, 0.25) is 0 Å². The third kappa shape index (κ3) is 0.920. The normalized spacial score (nSPS) is 28.2. The summed E-state index contributed by atoms with van der Waals surface area (Å²) in [7, 11) is 0. The zero-order valence-corrected chi connectivity index (χ0v) is 5.22. The molecule has 0 saturated carbocycles. The van der Waals surface area contributed by atoms with E-state index < -0.39 is 0 Å². The Kier molecular flexibility index (Phi) is 1.69. The molecule has 0 spiro atoms. The molecule has 46 valence electrons. The SMILES string of the molecule is C[C@H]1CCC=C1CO. The molecular formula is C7H12O. The maximum absolute atomic E-state index is 8.67. The highest BCUT2D eigenvalue weighted by Crippen LogP contribution is 2.23. The van der Waals surface area contributed by atoms with E-state index >= 15 is 0 Å². The second-order valence-corrected chi connectivity index (χ2v) is 2.42. The molecule has 0 aromatic rings. The van der Waals surface area contributed by atoms with Gasteiger partial charge in [-0.15, -0.1) is 0 Å². The number of allylic oxidation sites excluding steroid dienone is 1. The summed E-state index contributed by atoms with van der Waals surface area (Å²) in [6, 6.07) is 0. The van der Waals surface area contributed by atoms with Gasteiger partial charge in [0.05, 0.1) is 6.61 Å². The number of rotatable bonds is 1. The molecule has 1 N–H and O–H groups in total. The molecule has 8 heavy (non-hydrogen) atoms. The summed E-state index contributed by atoms with van der Waals surface area (Å²) in [6.45, 7) is 2.43. The molecule has 0 amide bonds. The molecule has 0 unspecified atom stereocenters. The van der Waals surface area contributed by atoms with Crippen molar-refractivity contribution in [1.82, 2.24) is 0 Å². The van der Waals surface area contributed by atoms with Gasteiger partial charge in [-0.05, 0) is 24.3 Å². The average Bonchev–Trinajstić information content (AvgIpc) is 2.14. The highest BCUT2D eigenvalue weighted by molar-refractivity contribution is 5.11. The molecule has 1 heteroatoms. The predicted molar refractivity (Wildman–Crippen MR) is 33.6 cm³/mol. The van der Waals surface area contributed by atoms with Crippen molar-refractivity contribution in [2.45, 2.75) is 19.8 Å². The highest BCUT2D eigenvalue weighted by Gasteiger charge is 2.11. The van der Waals surface area contributed by atoms with Crippen molar-refractivity contribution in [3.8, 4) is 0 Å². The summed E-state index contributed by atoms with van der Waals surface area (Å²) in [4.78, 5) is 0. The fourth-order valence-corrected chi connectivity index (χ4v) is 1.13. The van der Waals surface area contributed by atoms with E-state index in [1.54, 1.807) is 0 Å². The topological polar surface area (TPSA) is 20.2 Å². The lowest BCUT2D eigenvalue weighted by atomic mass is 10.1. The van der Waals surface area contributed by atoms with Crippen LogP contribution in [0.5, 0.6) is 0 Å². The van der Waals surface area contributed by atoms with Crippen molar-refractivity contribution >= 4 is 0 Å². The van der Waals surface area contributed by atoms with Gasteiger partial charge in [0.15, 0.2) is 0 Å².